The van der Waals surface area contributed by atoms with Crippen molar-refractivity contribution in [1.82, 2.24) is 15.2 Å². The zero-order chi connectivity index (χ0) is 14.0. The topological polar surface area (TPSA) is 55.9 Å². The van der Waals surface area contributed by atoms with Crippen LogP contribution in [0.1, 0.15) is 41.0 Å². The Morgan fingerprint density at radius 3 is 2.68 bits per heavy atom. The van der Waals surface area contributed by atoms with Gasteiger partial charge in [-0.2, -0.15) is 5.10 Å². The number of benzene rings is 1. The molecule has 0 spiro atoms. The first-order valence-electron chi connectivity index (χ1n) is 6.65. The second kappa shape index (κ2) is 5.55. The standard InChI is InChI=1S/C15H22N4/c1-5-19-14(9-11(3)18-19)15(17-16)13-8-6-7-10(2)12(13)4/h6-9,15,17H,5,16H2,1-4H3. The number of hydrogen-bond donors (Lipinski definition) is 2. The minimum atomic E-state index is -0.0268. The smallest absolute Gasteiger partial charge is 0.0881 e. The zero-order valence-corrected chi connectivity index (χ0v) is 12.1. The van der Waals surface area contributed by atoms with Gasteiger partial charge in [0.25, 0.3) is 0 Å². The van der Waals surface area contributed by atoms with Crippen LogP contribution in [0.3, 0.4) is 0 Å². The third kappa shape index (κ3) is 2.55. The molecule has 0 saturated heterocycles. The van der Waals surface area contributed by atoms with E-state index in [4.69, 9.17) is 5.84 Å². The monoisotopic (exact) mass is 258 g/mol. The number of nitrogens with zero attached hydrogens (tertiary/aromatic N) is 2. The van der Waals surface area contributed by atoms with Crippen LogP contribution in [0.5, 0.6) is 0 Å². The molecular formula is C15H22N4. The molecular weight excluding hydrogens is 236 g/mol. The van der Waals surface area contributed by atoms with E-state index in [0.29, 0.717) is 0 Å². The molecule has 2 aromatic rings. The minimum absolute atomic E-state index is 0.0268. The summed E-state index contributed by atoms with van der Waals surface area (Å²) in [5, 5.41) is 4.50. The molecule has 1 unspecified atom stereocenters. The van der Waals surface area contributed by atoms with Crippen molar-refractivity contribution in [3.8, 4) is 0 Å². The van der Waals surface area contributed by atoms with Crippen molar-refractivity contribution >= 4 is 0 Å². The van der Waals surface area contributed by atoms with Crippen molar-refractivity contribution in [2.24, 2.45) is 5.84 Å². The van der Waals surface area contributed by atoms with Gasteiger partial charge in [-0.25, -0.2) is 5.43 Å². The van der Waals surface area contributed by atoms with Gasteiger partial charge in [0, 0.05) is 6.54 Å². The van der Waals surface area contributed by atoms with E-state index < -0.39 is 0 Å². The lowest BCUT2D eigenvalue weighted by Gasteiger charge is -2.20. The molecule has 1 atom stereocenters. The Bertz CT molecular complexity index is 572. The maximum atomic E-state index is 5.80. The van der Waals surface area contributed by atoms with Gasteiger partial charge in [-0.15, -0.1) is 0 Å². The van der Waals surface area contributed by atoms with Crippen LogP contribution in [0.2, 0.25) is 0 Å². The Morgan fingerprint density at radius 1 is 1.32 bits per heavy atom. The highest BCUT2D eigenvalue weighted by Crippen LogP contribution is 2.26. The third-order valence-corrected chi connectivity index (χ3v) is 3.65. The lowest BCUT2D eigenvalue weighted by atomic mass is 9.95. The van der Waals surface area contributed by atoms with Crippen molar-refractivity contribution in [2.75, 3.05) is 0 Å². The van der Waals surface area contributed by atoms with Crippen molar-refractivity contribution in [2.45, 2.75) is 40.3 Å². The first-order chi connectivity index (χ1) is 9.08. The SMILES string of the molecule is CCn1nc(C)cc1C(NN)c1cccc(C)c1C. The summed E-state index contributed by atoms with van der Waals surface area (Å²) in [6.07, 6.45) is 0. The molecule has 0 radical (unpaired) electrons. The Morgan fingerprint density at radius 2 is 2.05 bits per heavy atom. The predicted molar refractivity (Wildman–Crippen MR) is 77.7 cm³/mol. The summed E-state index contributed by atoms with van der Waals surface area (Å²) in [5.74, 6) is 5.80. The predicted octanol–water partition coefficient (Wildman–Crippen LogP) is 2.38. The van der Waals surface area contributed by atoms with Gasteiger partial charge < -0.3 is 0 Å². The lowest BCUT2D eigenvalue weighted by molar-refractivity contribution is 0.540. The summed E-state index contributed by atoms with van der Waals surface area (Å²) in [6.45, 7) is 9.19. The highest BCUT2D eigenvalue weighted by atomic mass is 15.3. The van der Waals surface area contributed by atoms with E-state index in [1.807, 2.05) is 11.6 Å². The fourth-order valence-corrected chi connectivity index (χ4v) is 2.47. The van der Waals surface area contributed by atoms with Gasteiger partial charge >= 0.3 is 0 Å². The fraction of sp³-hybridized carbons (Fsp3) is 0.400. The number of aromatic nitrogens is 2. The molecule has 2 rings (SSSR count). The third-order valence-electron chi connectivity index (χ3n) is 3.65. The van der Waals surface area contributed by atoms with Crippen molar-refractivity contribution < 1.29 is 0 Å². The number of hydrogen-bond acceptors (Lipinski definition) is 3. The first kappa shape index (κ1) is 13.8. The molecule has 0 bridgehead atoms. The summed E-state index contributed by atoms with van der Waals surface area (Å²) in [6, 6.07) is 8.38. The molecule has 0 aliphatic carbocycles. The molecule has 4 nitrogen and oxygen atoms in total. The normalized spacial score (nSPS) is 12.7. The highest BCUT2D eigenvalue weighted by Gasteiger charge is 2.19. The molecule has 1 aromatic heterocycles. The van der Waals surface area contributed by atoms with Crippen LogP contribution in [0.15, 0.2) is 24.3 Å². The summed E-state index contributed by atoms with van der Waals surface area (Å²) in [4.78, 5) is 0. The summed E-state index contributed by atoms with van der Waals surface area (Å²) >= 11 is 0. The van der Waals surface area contributed by atoms with E-state index >= 15 is 0 Å². The van der Waals surface area contributed by atoms with E-state index in [9.17, 15) is 0 Å². The fourth-order valence-electron chi connectivity index (χ4n) is 2.47. The van der Waals surface area contributed by atoms with Crippen LogP contribution in [0.25, 0.3) is 0 Å². The highest BCUT2D eigenvalue weighted by molar-refractivity contribution is 5.39. The van der Waals surface area contributed by atoms with Gasteiger partial charge in [0.15, 0.2) is 0 Å². The van der Waals surface area contributed by atoms with Gasteiger partial charge in [-0.1, -0.05) is 18.2 Å². The second-order valence-corrected chi connectivity index (χ2v) is 4.92. The van der Waals surface area contributed by atoms with Crippen LogP contribution in [-0.2, 0) is 6.54 Å². The maximum Gasteiger partial charge on any atom is 0.0881 e. The largest absolute Gasteiger partial charge is 0.271 e. The number of rotatable bonds is 4. The molecule has 19 heavy (non-hydrogen) atoms. The minimum Gasteiger partial charge on any atom is -0.271 e. The second-order valence-electron chi connectivity index (χ2n) is 4.92. The van der Waals surface area contributed by atoms with Crippen LogP contribution in [-0.4, -0.2) is 9.78 Å². The Labute approximate surface area is 114 Å². The molecule has 1 aromatic carbocycles. The summed E-state index contributed by atoms with van der Waals surface area (Å²) < 4.78 is 2.00. The molecule has 4 heteroatoms. The zero-order valence-electron chi connectivity index (χ0n) is 12.1. The molecule has 0 fully saturated rings. The molecule has 0 aliphatic heterocycles. The molecule has 0 aliphatic rings. The van der Waals surface area contributed by atoms with E-state index in [1.54, 1.807) is 0 Å². The number of nitrogens with one attached hydrogen (secondary N) is 1. The van der Waals surface area contributed by atoms with Crippen molar-refractivity contribution in [3.05, 3.63) is 52.3 Å². The Balaban J connectivity index is 2.53. The van der Waals surface area contributed by atoms with E-state index in [1.165, 1.54) is 16.7 Å². The quantitative estimate of drug-likeness (QED) is 0.654. The molecule has 102 valence electrons. The van der Waals surface area contributed by atoms with Crippen LogP contribution in [0, 0.1) is 20.8 Å². The van der Waals surface area contributed by atoms with Gasteiger partial charge in [-0.3, -0.25) is 10.5 Å². The molecule has 1 heterocycles. The average Bonchev–Trinajstić information content (AvgIpc) is 2.76. The van der Waals surface area contributed by atoms with Crippen LogP contribution < -0.4 is 11.3 Å². The van der Waals surface area contributed by atoms with Crippen LogP contribution in [0.4, 0.5) is 0 Å². The van der Waals surface area contributed by atoms with Crippen LogP contribution >= 0.6 is 0 Å². The summed E-state index contributed by atoms with van der Waals surface area (Å²) in [5.41, 5.74) is 8.80. The Hall–Kier alpha value is -1.65. The van der Waals surface area contributed by atoms with E-state index in [0.717, 1.165) is 17.9 Å². The summed E-state index contributed by atoms with van der Waals surface area (Å²) in [7, 11) is 0. The number of aryl methyl sites for hydroxylation is 3. The van der Waals surface area contributed by atoms with Gasteiger partial charge in [0.05, 0.1) is 17.4 Å². The molecule has 0 amide bonds. The average molecular weight is 258 g/mol. The number of hydrazine groups is 1. The lowest BCUT2D eigenvalue weighted by Crippen LogP contribution is -2.31. The Kier molecular flexibility index (Phi) is 4.02. The molecule has 3 N–H and O–H groups in total. The van der Waals surface area contributed by atoms with Crippen molar-refractivity contribution in [3.63, 3.8) is 0 Å². The van der Waals surface area contributed by atoms with Gasteiger partial charge in [0.2, 0.25) is 0 Å². The number of nitrogens with two attached hydrogens (primary N) is 1. The van der Waals surface area contributed by atoms with E-state index in [2.05, 4.69) is 55.6 Å². The molecule has 0 saturated carbocycles. The maximum absolute atomic E-state index is 5.80. The van der Waals surface area contributed by atoms with Gasteiger partial charge in [0.1, 0.15) is 0 Å². The van der Waals surface area contributed by atoms with E-state index in [-0.39, 0.29) is 6.04 Å². The first-order valence-corrected chi connectivity index (χ1v) is 6.65. The van der Waals surface area contributed by atoms with Gasteiger partial charge in [-0.05, 0) is 50.5 Å². The van der Waals surface area contributed by atoms with Crippen molar-refractivity contribution in [1.29, 1.82) is 0 Å².